The first-order chi connectivity index (χ1) is 8.41. The summed E-state index contributed by atoms with van der Waals surface area (Å²) in [5.74, 6) is 1.59. The third-order valence-corrected chi connectivity index (χ3v) is 6.65. The minimum Gasteiger partial charge on any atom is -0.389 e. The van der Waals surface area contributed by atoms with Gasteiger partial charge in [-0.3, -0.25) is 4.90 Å². The molecule has 1 aliphatic carbocycles. The minimum absolute atomic E-state index is 0.415. The van der Waals surface area contributed by atoms with Crippen LogP contribution in [-0.4, -0.2) is 60.3 Å². The first-order valence-corrected chi connectivity index (χ1v) is 9.75. The van der Waals surface area contributed by atoms with Crippen molar-refractivity contribution in [1.82, 2.24) is 4.90 Å². The standard InChI is InChI=1S/C12H23NO3S2/c1-18(15,16)11-9-17-8-7-13(11)10-12(14)5-3-2-4-6-12/h11,14H,2-10H2,1H3. The molecule has 0 aromatic heterocycles. The van der Waals surface area contributed by atoms with E-state index in [0.29, 0.717) is 12.3 Å². The van der Waals surface area contributed by atoms with Gasteiger partial charge in [-0.15, -0.1) is 0 Å². The van der Waals surface area contributed by atoms with Gasteiger partial charge in [-0.05, 0) is 12.8 Å². The molecule has 0 spiro atoms. The molecule has 0 aromatic rings. The fourth-order valence-corrected chi connectivity index (χ4v) is 5.88. The van der Waals surface area contributed by atoms with Gasteiger partial charge in [0.15, 0.2) is 9.84 Å². The summed E-state index contributed by atoms with van der Waals surface area (Å²) in [5, 5.41) is 10.1. The van der Waals surface area contributed by atoms with Crippen molar-refractivity contribution in [1.29, 1.82) is 0 Å². The number of hydrogen-bond acceptors (Lipinski definition) is 5. The summed E-state index contributed by atoms with van der Waals surface area (Å²) in [4.78, 5) is 1.98. The van der Waals surface area contributed by atoms with Gasteiger partial charge >= 0.3 is 0 Å². The van der Waals surface area contributed by atoms with Crippen LogP contribution in [0, 0.1) is 0 Å². The number of aliphatic hydroxyl groups is 1. The van der Waals surface area contributed by atoms with Crippen molar-refractivity contribution in [3.8, 4) is 0 Å². The van der Waals surface area contributed by atoms with Crippen LogP contribution >= 0.6 is 11.8 Å². The summed E-state index contributed by atoms with van der Waals surface area (Å²) < 4.78 is 23.6. The van der Waals surface area contributed by atoms with Crippen molar-refractivity contribution in [2.45, 2.75) is 43.1 Å². The van der Waals surface area contributed by atoms with Crippen molar-refractivity contribution in [3.63, 3.8) is 0 Å². The van der Waals surface area contributed by atoms with E-state index in [0.717, 1.165) is 38.0 Å². The van der Waals surface area contributed by atoms with Gasteiger partial charge in [0.05, 0.1) is 5.60 Å². The van der Waals surface area contributed by atoms with E-state index in [1.807, 2.05) is 4.90 Å². The monoisotopic (exact) mass is 293 g/mol. The van der Waals surface area contributed by atoms with Crippen LogP contribution in [0.4, 0.5) is 0 Å². The lowest BCUT2D eigenvalue weighted by Gasteiger charge is -2.41. The summed E-state index contributed by atoms with van der Waals surface area (Å²) in [6.07, 6.45) is 6.24. The first-order valence-electron chi connectivity index (χ1n) is 6.64. The second-order valence-electron chi connectivity index (χ2n) is 5.61. The van der Waals surface area contributed by atoms with Crippen molar-refractivity contribution >= 4 is 21.6 Å². The topological polar surface area (TPSA) is 57.6 Å². The predicted octanol–water partition coefficient (Wildman–Crippen LogP) is 1.10. The maximum absolute atomic E-state index is 11.8. The molecule has 2 fully saturated rings. The number of rotatable bonds is 3. The SMILES string of the molecule is CS(=O)(=O)C1CSCCN1CC1(O)CCCCC1. The van der Waals surface area contributed by atoms with Crippen LogP contribution < -0.4 is 0 Å². The largest absolute Gasteiger partial charge is 0.389 e. The second kappa shape index (κ2) is 5.69. The zero-order valence-corrected chi connectivity index (χ0v) is 12.6. The third kappa shape index (κ3) is 3.62. The molecule has 106 valence electrons. The van der Waals surface area contributed by atoms with E-state index in [-0.39, 0.29) is 0 Å². The lowest BCUT2D eigenvalue weighted by Crippen LogP contribution is -2.53. The maximum Gasteiger partial charge on any atom is 0.164 e. The smallest absolute Gasteiger partial charge is 0.164 e. The highest BCUT2D eigenvalue weighted by atomic mass is 32.2. The highest BCUT2D eigenvalue weighted by molar-refractivity contribution is 8.00. The van der Waals surface area contributed by atoms with Crippen molar-refractivity contribution in [2.24, 2.45) is 0 Å². The summed E-state index contributed by atoms with van der Waals surface area (Å²) >= 11 is 1.69. The van der Waals surface area contributed by atoms with E-state index < -0.39 is 20.8 Å². The lowest BCUT2D eigenvalue weighted by atomic mass is 9.84. The molecule has 0 bridgehead atoms. The number of thioether (sulfide) groups is 1. The Morgan fingerprint density at radius 1 is 1.33 bits per heavy atom. The van der Waals surface area contributed by atoms with Gasteiger partial charge in [0, 0.05) is 30.9 Å². The van der Waals surface area contributed by atoms with E-state index in [1.165, 1.54) is 12.7 Å². The van der Waals surface area contributed by atoms with Crippen LogP contribution in [-0.2, 0) is 9.84 Å². The van der Waals surface area contributed by atoms with E-state index >= 15 is 0 Å². The summed E-state index contributed by atoms with van der Waals surface area (Å²) in [5.41, 5.74) is -0.663. The Kier molecular flexibility index (Phi) is 4.62. The summed E-state index contributed by atoms with van der Waals surface area (Å²) in [6, 6.07) is 0. The van der Waals surface area contributed by atoms with Gasteiger partial charge in [-0.1, -0.05) is 19.3 Å². The third-order valence-electron chi connectivity index (χ3n) is 3.97. The molecule has 1 saturated heterocycles. The molecule has 2 aliphatic rings. The highest BCUT2D eigenvalue weighted by Gasteiger charge is 2.37. The second-order valence-corrected chi connectivity index (χ2v) is 8.97. The van der Waals surface area contributed by atoms with Gasteiger partial charge in [0.2, 0.25) is 0 Å². The van der Waals surface area contributed by atoms with Gasteiger partial charge in [-0.25, -0.2) is 8.42 Å². The zero-order valence-electron chi connectivity index (χ0n) is 11.0. The van der Waals surface area contributed by atoms with Crippen LogP contribution in [0.25, 0.3) is 0 Å². The average molecular weight is 293 g/mol. The van der Waals surface area contributed by atoms with Gasteiger partial charge in [0.1, 0.15) is 5.37 Å². The molecule has 4 nitrogen and oxygen atoms in total. The fourth-order valence-electron chi connectivity index (χ4n) is 2.94. The molecule has 6 heteroatoms. The summed E-state index contributed by atoms with van der Waals surface area (Å²) in [7, 11) is -3.06. The first kappa shape index (κ1) is 14.6. The normalized spacial score (nSPS) is 30.2. The lowest BCUT2D eigenvalue weighted by molar-refractivity contribution is -0.0271. The highest BCUT2D eigenvalue weighted by Crippen LogP contribution is 2.31. The van der Waals surface area contributed by atoms with E-state index in [4.69, 9.17) is 0 Å². The Morgan fingerprint density at radius 2 is 2.00 bits per heavy atom. The Labute approximate surface area is 114 Å². The number of nitrogens with zero attached hydrogens (tertiary/aromatic N) is 1. The molecule has 18 heavy (non-hydrogen) atoms. The molecule has 0 radical (unpaired) electrons. The van der Waals surface area contributed by atoms with Crippen LogP contribution in [0.15, 0.2) is 0 Å². The summed E-state index contributed by atoms with van der Waals surface area (Å²) in [6.45, 7) is 1.29. The molecule has 1 heterocycles. The molecule has 2 rings (SSSR count). The molecule has 1 saturated carbocycles. The van der Waals surface area contributed by atoms with Gasteiger partial charge in [-0.2, -0.15) is 11.8 Å². The fraction of sp³-hybridized carbons (Fsp3) is 1.00. The van der Waals surface area contributed by atoms with Gasteiger partial charge in [0.25, 0.3) is 0 Å². The molecule has 0 amide bonds. The van der Waals surface area contributed by atoms with Crippen LogP contribution in [0.1, 0.15) is 32.1 Å². The van der Waals surface area contributed by atoms with Crippen molar-refractivity contribution in [3.05, 3.63) is 0 Å². The van der Waals surface area contributed by atoms with Crippen LogP contribution in [0.5, 0.6) is 0 Å². The number of β-amino-alcohol motifs (C(OH)–C–C–N with tert-alkyl or cyclic N) is 1. The molecule has 0 aromatic carbocycles. The Morgan fingerprint density at radius 3 is 2.61 bits per heavy atom. The van der Waals surface area contributed by atoms with Crippen LogP contribution in [0.2, 0.25) is 0 Å². The minimum atomic E-state index is -3.06. The molecule has 1 unspecified atom stereocenters. The van der Waals surface area contributed by atoms with Crippen LogP contribution in [0.3, 0.4) is 0 Å². The zero-order chi connectivity index (χ0) is 13.2. The quantitative estimate of drug-likeness (QED) is 0.844. The molecule has 1 aliphatic heterocycles. The maximum atomic E-state index is 11.8. The predicted molar refractivity (Wildman–Crippen MR) is 75.6 cm³/mol. The van der Waals surface area contributed by atoms with Crippen molar-refractivity contribution in [2.75, 3.05) is 30.9 Å². The van der Waals surface area contributed by atoms with E-state index in [9.17, 15) is 13.5 Å². The Balaban J connectivity index is 2.05. The average Bonchev–Trinajstić information content (AvgIpc) is 2.28. The number of hydrogen-bond donors (Lipinski definition) is 1. The molecular weight excluding hydrogens is 270 g/mol. The van der Waals surface area contributed by atoms with E-state index in [1.54, 1.807) is 11.8 Å². The molecule has 1 atom stereocenters. The van der Waals surface area contributed by atoms with Gasteiger partial charge < -0.3 is 5.11 Å². The Bertz CT molecular complexity index is 377. The number of sulfone groups is 1. The van der Waals surface area contributed by atoms with Crippen molar-refractivity contribution < 1.29 is 13.5 Å². The molecule has 1 N–H and O–H groups in total. The molecular formula is C12H23NO3S2. The Hall–Kier alpha value is 0.220. The van der Waals surface area contributed by atoms with E-state index in [2.05, 4.69) is 0 Å².